The van der Waals surface area contributed by atoms with Crippen molar-refractivity contribution in [1.82, 2.24) is 0 Å². The van der Waals surface area contributed by atoms with Crippen molar-refractivity contribution in [3.05, 3.63) is 37.9 Å². The maximum absolute atomic E-state index is 11.1. The summed E-state index contributed by atoms with van der Waals surface area (Å²) in [6.45, 7) is 1.87. The molecule has 92 valence electrons. The van der Waals surface area contributed by atoms with Crippen molar-refractivity contribution >= 4 is 17.3 Å². The van der Waals surface area contributed by atoms with Crippen LogP contribution in [0.5, 0.6) is 0 Å². The third kappa shape index (κ3) is 2.58. The highest BCUT2D eigenvalue weighted by atomic mass is 35.5. The smallest absolute Gasteiger partial charge is 0.258 e. The van der Waals surface area contributed by atoms with Crippen molar-refractivity contribution in [3.63, 3.8) is 0 Å². The summed E-state index contributed by atoms with van der Waals surface area (Å²) in [4.78, 5) is 10.5. The van der Waals surface area contributed by atoms with Gasteiger partial charge in [0.25, 0.3) is 5.69 Å². The van der Waals surface area contributed by atoms with Crippen molar-refractivity contribution < 1.29 is 4.92 Å². The molecule has 0 aromatic heterocycles. The van der Waals surface area contributed by atoms with Crippen molar-refractivity contribution in [2.75, 3.05) is 0 Å². The highest BCUT2D eigenvalue weighted by Gasteiger charge is 2.24. The van der Waals surface area contributed by atoms with Crippen LogP contribution in [0.25, 0.3) is 0 Å². The molecule has 1 rings (SSSR count). The Morgan fingerprint density at radius 2 is 2.11 bits per heavy atom. The van der Waals surface area contributed by atoms with Gasteiger partial charge in [0.1, 0.15) is 11.6 Å². The number of nitrogens with zero attached hydrogens (tertiary/aromatic N) is 3. The molecule has 1 aromatic carbocycles. The molecule has 0 aliphatic heterocycles. The molecule has 5 nitrogen and oxygen atoms in total. The van der Waals surface area contributed by atoms with Gasteiger partial charge in [-0.3, -0.25) is 10.1 Å². The lowest BCUT2D eigenvalue weighted by molar-refractivity contribution is -0.385. The lowest BCUT2D eigenvalue weighted by Crippen LogP contribution is -2.04. The molecule has 0 spiro atoms. The molecule has 0 atom stereocenters. The van der Waals surface area contributed by atoms with E-state index in [9.17, 15) is 10.1 Å². The molecule has 18 heavy (non-hydrogen) atoms. The molecule has 0 aliphatic carbocycles. The highest BCUT2D eigenvalue weighted by Crippen LogP contribution is 2.33. The average molecular weight is 264 g/mol. The van der Waals surface area contributed by atoms with Gasteiger partial charge in [0.2, 0.25) is 0 Å². The molecule has 0 amide bonds. The number of rotatable bonds is 4. The minimum absolute atomic E-state index is 0.000710. The SMILES string of the molecule is CCCc1c(CC#N)c(Cl)cc(C#N)c1[N+](=O)[O-]. The van der Waals surface area contributed by atoms with E-state index in [1.807, 2.05) is 13.0 Å². The van der Waals surface area contributed by atoms with E-state index in [0.29, 0.717) is 24.0 Å². The molecular formula is C12H10ClN3O2. The van der Waals surface area contributed by atoms with Crippen LogP contribution in [0.4, 0.5) is 5.69 Å². The summed E-state index contributed by atoms with van der Waals surface area (Å²) in [6.07, 6.45) is 1.09. The minimum atomic E-state index is -0.583. The van der Waals surface area contributed by atoms with E-state index >= 15 is 0 Å². The molecule has 0 N–H and O–H groups in total. The predicted molar refractivity (Wildman–Crippen MR) is 66.1 cm³/mol. The summed E-state index contributed by atoms with van der Waals surface area (Å²) in [5.74, 6) is 0. The van der Waals surface area contributed by atoms with Crippen LogP contribution in [0.3, 0.4) is 0 Å². The average Bonchev–Trinajstić information content (AvgIpc) is 2.32. The maximum atomic E-state index is 11.1. The fraction of sp³-hybridized carbons (Fsp3) is 0.333. The standard InChI is InChI=1S/C12H10ClN3O2/c1-2-3-10-9(4-5-14)11(13)6-8(7-15)12(10)16(17)18/h6H,2-4H2,1H3. The second-order valence-corrected chi connectivity index (χ2v) is 4.07. The van der Waals surface area contributed by atoms with Crippen LogP contribution in [0, 0.1) is 32.8 Å². The van der Waals surface area contributed by atoms with Gasteiger partial charge in [-0.15, -0.1) is 0 Å². The highest BCUT2D eigenvalue weighted by molar-refractivity contribution is 6.31. The summed E-state index contributed by atoms with van der Waals surface area (Å²) < 4.78 is 0. The Morgan fingerprint density at radius 1 is 1.44 bits per heavy atom. The zero-order valence-electron chi connectivity index (χ0n) is 9.73. The third-order valence-corrected chi connectivity index (χ3v) is 2.86. The fourth-order valence-electron chi connectivity index (χ4n) is 1.82. The number of benzene rings is 1. The summed E-state index contributed by atoms with van der Waals surface area (Å²) in [6, 6.07) is 4.97. The molecule has 0 bridgehead atoms. The molecule has 0 heterocycles. The lowest BCUT2D eigenvalue weighted by Gasteiger charge is -2.10. The number of hydrogen-bond donors (Lipinski definition) is 0. The number of nitro benzene ring substituents is 1. The number of halogens is 1. The predicted octanol–water partition coefficient (Wildman–Crippen LogP) is 3.14. The molecule has 0 radical (unpaired) electrons. The maximum Gasteiger partial charge on any atom is 0.290 e. The third-order valence-electron chi connectivity index (χ3n) is 2.52. The normalized spacial score (nSPS) is 9.56. The van der Waals surface area contributed by atoms with Gasteiger partial charge in [-0.05, 0) is 18.1 Å². The van der Waals surface area contributed by atoms with Crippen molar-refractivity contribution in [2.24, 2.45) is 0 Å². The Kier molecular flexibility index (Phi) is 4.65. The molecule has 6 heteroatoms. The topological polar surface area (TPSA) is 90.7 Å². The first-order valence-electron chi connectivity index (χ1n) is 5.32. The van der Waals surface area contributed by atoms with Gasteiger partial charge in [-0.2, -0.15) is 10.5 Å². The van der Waals surface area contributed by atoms with E-state index in [4.69, 9.17) is 22.1 Å². The van der Waals surface area contributed by atoms with Gasteiger partial charge >= 0.3 is 0 Å². The molecule has 0 saturated carbocycles. The Morgan fingerprint density at radius 3 is 2.56 bits per heavy atom. The largest absolute Gasteiger partial charge is 0.290 e. The molecule has 0 saturated heterocycles. The summed E-state index contributed by atoms with van der Waals surface area (Å²) >= 11 is 5.98. The monoisotopic (exact) mass is 263 g/mol. The van der Waals surface area contributed by atoms with Crippen molar-refractivity contribution in [3.8, 4) is 12.1 Å². The van der Waals surface area contributed by atoms with Crippen molar-refractivity contribution in [1.29, 1.82) is 10.5 Å². The zero-order chi connectivity index (χ0) is 13.7. The quantitative estimate of drug-likeness (QED) is 0.616. The summed E-state index contributed by atoms with van der Waals surface area (Å²) in [7, 11) is 0. The Hall–Kier alpha value is -2.11. The lowest BCUT2D eigenvalue weighted by atomic mass is 9.96. The van der Waals surface area contributed by atoms with E-state index in [1.165, 1.54) is 6.07 Å². The van der Waals surface area contributed by atoms with Crippen LogP contribution >= 0.6 is 11.6 Å². The second kappa shape index (κ2) is 6.00. The molecular weight excluding hydrogens is 254 g/mol. The second-order valence-electron chi connectivity index (χ2n) is 3.67. The zero-order valence-corrected chi connectivity index (χ0v) is 10.5. The van der Waals surface area contributed by atoms with Gasteiger partial charge in [0.15, 0.2) is 0 Å². The van der Waals surface area contributed by atoms with Crippen LogP contribution < -0.4 is 0 Å². The van der Waals surface area contributed by atoms with Crippen molar-refractivity contribution in [2.45, 2.75) is 26.2 Å². The van der Waals surface area contributed by atoms with Gasteiger partial charge < -0.3 is 0 Å². The first-order chi connectivity index (χ1) is 8.56. The Balaban J connectivity index is 3.65. The van der Waals surface area contributed by atoms with Gasteiger partial charge in [0, 0.05) is 10.6 Å². The van der Waals surface area contributed by atoms with Crippen LogP contribution in [-0.2, 0) is 12.8 Å². The van der Waals surface area contributed by atoms with Crippen LogP contribution in [0.15, 0.2) is 6.07 Å². The molecule has 0 unspecified atom stereocenters. The van der Waals surface area contributed by atoms with Gasteiger partial charge in [-0.25, -0.2) is 0 Å². The molecule has 0 aliphatic rings. The van der Waals surface area contributed by atoms with E-state index in [0.717, 1.165) is 0 Å². The molecule has 1 aromatic rings. The molecule has 0 fully saturated rings. The Bertz CT molecular complexity index is 570. The van der Waals surface area contributed by atoms with E-state index in [2.05, 4.69) is 0 Å². The van der Waals surface area contributed by atoms with E-state index < -0.39 is 4.92 Å². The van der Waals surface area contributed by atoms with Gasteiger partial charge in [-0.1, -0.05) is 24.9 Å². The summed E-state index contributed by atoms with van der Waals surface area (Å²) in [5.41, 5.74) is 0.559. The minimum Gasteiger partial charge on any atom is -0.258 e. The van der Waals surface area contributed by atoms with Gasteiger partial charge in [0.05, 0.1) is 17.4 Å². The summed E-state index contributed by atoms with van der Waals surface area (Å²) in [5, 5.41) is 29.0. The first kappa shape index (κ1) is 14.0. The number of nitro groups is 1. The Labute approximate surface area is 109 Å². The van der Waals surface area contributed by atoms with Crippen LogP contribution in [-0.4, -0.2) is 4.92 Å². The van der Waals surface area contributed by atoms with Crippen LogP contribution in [0.1, 0.15) is 30.0 Å². The number of nitriles is 2. The van der Waals surface area contributed by atoms with E-state index in [1.54, 1.807) is 6.07 Å². The fourth-order valence-corrected chi connectivity index (χ4v) is 2.11. The first-order valence-corrected chi connectivity index (χ1v) is 5.70. The van der Waals surface area contributed by atoms with Crippen LogP contribution in [0.2, 0.25) is 5.02 Å². The number of hydrogen-bond acceptors (Lipinski definition) is 4. The van der Waals surface area contributed by atoms with E-state index in [-0.39, 0.29) is 22.7 Å².